The zero-order chi connectivity index (χ0) is 20.2. The van der Waals surface area contributed by atoms with E-state index in [1.807, 2.05) is 42.1 Å². The molecule has 10 nitrogen and oxygen atoms in total. The summed E-state index contributed by atoms with van der Waals surface area (Å²) in [6.45, 7) is 2.65. The second-order valence-corrected chi connectivity index (χ2v) is 7.32. The molecule has 4 rings (SSSR count). The molecule has 1 atom stereocenters. The van der Waals surface area contributed by atoms with E-state index in [1.165, 1.54) is 29.3 Å². The first kappa shape index (κ1) is 18.7. The molecule has 1 aromatic carbocycles. The van der Waals surface area contributed by atoms with Crippen molar-refractivity contribution in [3.8, 4) is 0 Å². The zero-order valence-electron chi connectivity index (χ0n) is 15.5. The summed E-state index contributed by atoms with van der Waals surface area (Å²) in [5.74, 6) is 0.673. The standard InChI is InChI=1S/C18H18N8O2S/c1-2-15(25-12-14(10-19-25)26(27)28)17-21-22-18(29-17)20-16-8-9-24(23-16)11-13-6-4-3-5-7-13/h3-10,12,15H,2,11H2,1H3,(H,20,22,23)/t15-/m1/s1. The van der Waals surface area contributed by atoms with Gasteiger partial charge in [-0.3, -0.25) is 19.5 Å². The third-order valence-corrected chi connectivity index (χ3v) is 5.23. The summed E-state index contributed by atoms with van der Waals surface area (Å²) in [6, 6.07) is 11.7. The summed E-state index contributed by atoms with van der Waals surface area (Å²) in [4.78, 5) is 10.4. The van der Waals surface area contributed by atoms with Crippen LogP contribution < -0.4 is 5.32 Å². The lowest BCUT2D eigenvalue weighted by Crippen LogP contribution is -2.09. The van der Waals surface area contributed by atoms with Crippen LogP contribution in [0, 0.1) is 10.1 Å². The van der Waals surface area contributed by atoms with Crippen molar-refractivity contribution >= 4 is 28.0 Å². The second-order valence-electron chi connectivity index (χ2n) is 6.31. The fraction of sp³-hybridized carbons (Fsp3) is 0.222. The summed E-state index contributed by atoms with van der Waals surface area (Å²) < 4.78 is 3.40. The molecule has 148 valence electrons. The van der Waals surface area contributed by atoms with E-state index in [-0.39, 0.29) is 11.7 Å². The van der Waals surface area contributed by atoms with E-state index >= 15 is 0 Å². The van der Waals surface area contributed by atoms with Gasteiger partial charge < -0.3 is 5.32 Å². The molecule has 0 radical (unpaired) electrons. The molecule has 4 aromatic rings. The molecule has 0 amide bonds. The molecule has 3 heterocycles. The fourth-order valence-corrected chi connectivity index (χ4v) is 3.81. The number of nitro groups is 1. The number of hydrogen-bond donors (Lipinski definition) is 1. The molecule has 0 bridgehead atoms. The molecular weight excluding hydrogens is 392 g/mol. The lowest BCUT2D eigenvalue weighted by atomic mass is 10.2. The smallest absolute Gasteiger partial charge is 0.307 e. The summed E-state index contributed by atoms with van der Waals surface area (Å²) >= 11 is 1.37. The Morgan fingerprint density at radius 3 is 2.79 bits per heavy atom. The average Bonchev–Trinajstić information content (AvgIpc) is 3.46. The normalized spacial score (nSPS) is 12.0. The lowest BCUT2D eigenvalue weighted by Gasteiger charge is -2.10. The minimum absolute atomic E-state index is 0.0460. The van der Waals surface area contributed by atoms with Crippen LogP contribution >= 0.6 is 11.3 Å². The van der Waals surface area contributed by atoms with Crippen LogP contribution in [-0.2, 0) is 6.54 Å². The number of aromatic nitrogens is 6. The van der Waals surface area contributed by atoms with E-state index in [0.29, 0.717) is 23.9 Å². The third-order valence-electron chi connectivity index (χ3n) is 4.29. The van der Waals surface area contributed by atoms with Gasteiger partial charge in [-0.1, -0.05) is 48.6 Å². The number of rotatable bonds is 8. The van der Waals surface area contributed by atoms with Gasteiger partial charge in [-0.2, -0.15) is 10.2 Å². The largest absolute Gasteiger partial charge is 0.313 e. The average molecular weight is 410 g/mol. The second kappa shape index (κ2) is 8.19. The van der Waals surface area contributed by atoms with Gasteiger partial charge >= 0.3 is 5.69 Å². The van der Waals surface area contributed by atoms with Gasteiger partial charge in [0.15, 0.2) is 5.82 Å². The Hall–Kier alpha value is -3.60. The fourth-order valence-electron chi connectivity index (χ4n) is 2.88. The van der Waals surface area contributed by atoms with Crippen molar-refractivity contribution < 1.29 is 4.92 Å². The SMILES string of the molecule is CC[C@H](c1nnc(Nc2ccn(Cc3ccccc3)n2)s1)n1cc([N+](=O)[O-])cn1. The van der Waals surface area contributed by atoms with Gasteiger partial charge in [0.25, 0.3) is 0 Å². The molecule has 0 unspecified atom stereocenters. The molecule has 1 N–H and O–H groups in total. The summed E-state index contributed by atoms with van der Waals surface area (Å²) in [5, 5.41) is 32.4. The number of nitrogens with one attached hydrogen (secondary N) is 1. The third kappa shape index (κ3) is 4.29. The minimum Gasteiger partial charge on any atom is -0.313 e. The molecule has 3 aromatic heterocycles. The first-order chi connectivity index (χ1) is 14.1. The molecule has 0 aliphatic rings. The molecule has 0 spiro atoms. The molecular formula is C18H18N8O2S. The Kier molecular flexibility index (Phi) is 5.29. The van der Waals surface area contributed by atoms with E-state index in [0.717, 1.165) is 5.01 Å². The lowest BCUT2D eigenvalue weighted by molar-refractivity contribution is -0.385. The van der Waals surface area contributed by atoms with Gasteiger partial charge in [0, 0.05) is 12.3 Å². The highest BCUT2D eigenvalue weighted by Gasteiger charge is 2.21. The van der Waals surface area contributed by atoms with Gasteiger partial charge in [0.2, 0.25) is 5.13 Å². The molecule has 0 fully saturated rings. The van der Waals surface area contributed by atoms with Crippen molar-refractivity contribution in [3.05, 3.63) is 75.7 Å². The highest BCUT2D eigenvalue weighted by atomic mass is 32.1. The predicted molar refractivity (Wildman–Crippen MR) is 108 cm³/mol. The zero-order valence-corrected chi connectivity index (χ0v) is 16.4. The summed E-state index contributed by atoms with van der Waals surface area (Å²) in [6.07, 6.45) is 5.23. The van der Waals surface area contributed by atoms with Crippen LogP contribution in [0.25, 0.3) is 0 Å². The Balaban J connectivity index is 1.45. The van der Waals surface area contributed by atoms with Crippen molar-refractivity contribution in [3.63, 3.8) is 0 Å². The van der Waals surface area contributed by atoms with Crippen LogP contribution in [0.3, 0.4) is 0 Å². The summed E-state index contributed by atoms with van der Waals surface area (Å²) in [7, 11) is 0. The van der Waals surface area contributed by atoms with Crippen LogP contribution in [0.2, 0.25) is 0 Å². The number of hydrogen-bond acceptors (Lipinski definition) is 8. The Morgan fingerprint density at radius 1 is 1.24 bits per heavy atom. The topological polar surface area (TPSA) is 117 Å². The summed E-state index contributed by atoms with van der Waals surface area (Å²) in [5.41, 5.74) is 1.12. The monoisotopic (exact) mass is 410 g/mol. The molecule has 0 aliphatic carbocycles. The molecule has 0 saturated carbocycles. The molecule has 0 saturated heterocycles. The van der Waals surface area contributed by atoms with Crippen LogP contribution in [0.4, 0.5) is 16.6 Å². The maximum atomic E-state index is 10.9. The first-order valence-electron chi connectivity index (χ1n) is 8.98. The van der Waals surface area contributed by atoms with Crippen molar-refractivity contribution in [2.24, 2.45) is 0 Å². The first-order valence-corrected chi connectivity index (χ1v) is 9.80. The Bertz CT molecular complexity index is 1100. The highest BCUT2D eigenvalue weighted by molar-refractivity contribution is 7.15. The van der Waals surface area contributed by atoms with Crippen LogP contribution in [0.1, 0.15) is 30.0 Å². The van der Waals surface area contributed by atoms with Crippen LogP contribution in [0.15, 0.2) is 55.0 Å². The highest BCUT2D eigenvalue weighted by Crippen LogP contribution is 2.29. The number of anilines is 2. The maximum Gasteiger partial charge on any atom is 0.307 e. The van der Waals surface area contributed by atoms with Gasteiger partial charge in [0.05, 0.1) is 11.5 Å². The van der Waals surface area contributed by atoms with E-state index in [9.17, 15) is 10.1 Å². The molecule has 0 aliphatic heterocycles. The van der Waals surface area contributed by atoms with E-state index in [1.54, 1.807) is 4.68 Å². The minimum atomic E-state index is -0.463. The molecule has 11 heteroatoms. The number of nitrogens with zero attached hydrogens (tertiary/aromatic N) is 7. The quantitative estimate of drug-likeness (QED) is 0.348. The van der Waals surface area contributed by atoms with Crippen molar-refractivity contribution in [2.75, 3.05) is 5.32 Å². The molecule has 29 heavy (non-hydrogen) atoms. The Labute approximate surface area is 170 Å². The van der Waals surface area contributed by atoms with Gasteiger partial charge in [-0.25, -0.2) is 0 Å². The Morgan fingerprint density at radius 2 is 2.07 bits per heavy atom. The van der Waals surface area contributed by atoms with Gasteiger partial charge in [-0.15, -0.1) is 10.2 Å². The van der Waals surface area contributed by atoms with Crippen molar-refractivity contribution in [1.29, 1.82) is 0 Å². The van der Waals surface area contributed by atoms with Crippen molar-refractivity contribution in [1.82, 2.24) is 29.8 Å². The maximum absolute atomic E-state index is 10.9. The number of benzene rings is 1. The van der Waals surface area contributed by atoms with Crippen molar-refractivity contribution in [2.45, 2.75) is 25.9 Å². The van der Waals surface area contributed by atoms with Gasteiger partial charge in [-0.05, 0) is 12.0 Å². The van der Waals surface area contributed by atoms with Gasteiger partial charge in [0.1, 0.15) is 23.4 Å². The van der Waals surface area contributed by atoms with E-state index in [4.69, 9.17) is 0 Å². The van der Waals surface area contributed by atoms with E-state index in [2.05, 4.69) is 37.8 Å². The predicted octanol–water partition coefficient (Wildman–Crippen LogP) is 3.63. The van der Waals surface area contributed by atoms with Crippen LogP contribution in [-0.4, -0.2) is 34.7 Å². The van der Waals surface area contributed by atoms with E-state index < -0.39 is 4.92 Å². The van der Waals surface area contributed by atoms with Crippen LogP contribution in [0.5, 0.6) is 0 Å².